The Kier molecular flexibility index (Phi) is 5.55. The highest BCUT2D eigenvalue weighted by molar-refractivity contribution is 9.10. The van der Waals surface area contributed by atoms with Crippen molar-refractivity contribution in [2.24, 2.45) is 0 Å². The minimum absolute atomic E-state index is 0.0463. The summed E-state index contributed by atoms with van der Waals surface area (Å²) in [7, 11) is 0. The van der Waals surface area contributed by atoms with E-state index in [4.69, 9.17) is 10.5 Å². The second-order valence-electron chi connectivity index (χ2n) is 5.94. The minimum atomic E-state index is -0.724. The predicted octanol–water partition coefficient (Wildman–Crippen LogP) is 3.80. The molecule has 1 aromatic heterocycles. The predicted molar refractivity (Wildman–Crippen MR) is 102 cm³/mol. The summed E-state index contributed by atoms with van der Waals surface area (Å²) in [6, 6.07) is 10.4. The average molecular weight is 436 g/mol. The van der Waals surface area contributed by atoms with Gasteiger partial charge in [0.05, 0.1) is 6.54 Å². The summed E-state index contributed by atoms with van der Waals surface area (Å²) in [5.41, 5.74) is 7.06. The van der Waals surface area contributed by atoms with Crippen molar-refractivity contribution >= 4 is 21.6 Å². The van der Waals surface area contributed by atoms with Crippen LogP contribution in [0.3, 0.4) is 0 Å². The fraction of sp³-hybridized carbons (Fsp3) is 0.158. The summed E-state index contributed by atoms with van der Waals surface area (Å²) >= 11 is 3.20. The number of nitrogens with zero attached hydrogens (tertiary/aromatic N) is 2. The number of aromatic nitrogens is 2. The molecule has 0 bridgehead atoms. The lowest BCUT2D eigenvalue weighted by Gasteiger charge is -2.14. The van der Waals surface area contributed by atoms with Crippen LogP contribution < -0.4 is 16.0 Å². The van der Waals surface area contributed by atoms with Gasteiger partial charge in [0.15, 0.2) is 0 Å². The van der Waals surface area contributed by atoms with Crippen LogP contribution in [0, 0.1) is 18.6 Å². The van der Waals surface area contributed by atoms with Gasteiger partial charge < -0.3 is 10.5 Å². The molecule has 27 heavy (non-hydrogen) atoms. The van der Waals surface area contributed by atoms with E-state index in [1.54, 1.807) is 19.1 Å². The first kappa shape index (κ1) is 19.0. The zero-order valence-electron chi connectivity index (χ0n) is 14.4. The van der Waals surface area contributed by atoms with Crippen molar-refractivity contribution in [3.05, 3.63) is 85.9 Å². The van der Waals surface area contributed by atoms with Gasteiger partial charge in [-0.1, -0.05) is 12.1 Å². The highest BCUT2D eigenvalue weighted by atomic mass is 79.9. The topological polar surface area (TPSA) is 70.1 Å². The molecular weight excluding hydrogens is 420 g/mol. The molecule has 1 heterocycles. The first-order chi connectivity index (χ1) is 12.8. The Morgan fingerprint density at radius 3 is 2.70 bits per heavy atom. The zero-order valence-corrected chi connectivity index (χ0v) is 16.0. The molecule has 0 saturated heterocycles. The van der Waals surface area contributed by atoms with Crippen LogP contribution in [-0.4, -0.2) is 9.55 Å². The van der Waals surface area contributed by atoms with Gasteiger partial charge in [0, 0.05) is 17.3 Å². The van der Waals surface area contributed by atoms with Crippen LogP contribution >= 0.6 is 15.9 Å². The number of hydrogen-bond donors (Lipinski definition) is 1. The minimum Gasteiger partial charge on any atom is -0.472 e. The number of ether oxygens (including phenoxy) is 1. The summed E-state index contributed by atoms with van der Waals surface area (Å²) in [5.74, 6) is -0.918. The molecular formula is C19H16BrF2N3O2. The molecule has 0 aliphatic carbocycles. The summed E-state index contributed by atoms with van der Waals surface area (Å²) in [4.78, 5) is 16.9. The van der Waals surface area contributed by atoms with E-state index in [1.807, 2.05) is 12.1 Å². The molecule has 0 fully saturated rings. The van der Waals surface area contributed by atoms with E-state index in [9.17, 15) is 13.6 Å². The van der Waals surface area contributed by atoms with Gasteiger partial charge in [0.1, 0.15) is 28.5 Å². The van der Waals surface area contributed by atoms with Gasteiger partial charge in [0.25, 0.3) is 5.56 Å². The number of nitrogens with two attached hydrogens (primary N) is 1. The van der Waals surface area contributed by atoms with Crippen molar-refractivity contribution in [1.29, 1.82) is 0 Å². The molecule has 8 heteroatoms. The lowest BCUT2D eigenvalue weighted by Crippen LogP contribution is -2.25. The normalized spacial score (nSPS) is 10.8. The third-order valence-corrected chi connectivity index (χ3v) is 4.62. The molecule has 2 aromatic carbocycles. The quantitative estimate of drug-likeness (QED) is 0.618. The third-order valence-electron chi connectivity index (χ3n) is 3.95. The van der Waals surface area contributed by atoms with Crippen LogP contribution in [0.15, 0.2) is 51.7 Å². The van der Waals surface area contributed by atoms with E-state index >= 15 is 0 Å². The molecule has 0 amide bonds. The van der Waals surface area contributed by atoms with Gasteiger partial charge in [-0.15, -0.1) is 0 Å². The van der Waals surface area contributed by atoms with E-state index in [0.717, 1.165) is 17.7 Å². The lowest BCUT2D eigenvalue weighted by molar-refractivity contribution is 0.282. The van der Waals surface area contributed by atoms with Crippen LogP contribution in [0.5, 0.6) is 5.88 Å². The molecule has 0 saturated carbocycles. The number of benzene rings is 2. The van der Waals surface area contributed by atoms with Crippen LogP contribution in [0.25, 0.3) is 0 Å². The molecule has 140 valence electrons. The van der Waals surface area contributed by atoms with E-state index < -0.39 is 11.6 Å². The number of aryl methyl sites for hydroxylation is 1. The van der Waals surface area contributed by atoms with Crippen molar-refractivity contribution in [2.75, 3.05) is 5.73 Å². The van der Waals surface area contributed by atoms with Gasteiger partial charge in [-0.25, -0.2) is 8.78 Å². The monoisotopic (exact) mass is 435 g/mol. The molecule has 0 atom stereocenters. The van der Waals surface area contributed by atoms with Crippen molar-refractivity contribution in [2.45, 2.75) is 20.1 Å². The van der Waals surface area contributed by atoms with Gasteiger partial charge in [-0.2, -0.15) is 4.98 Å². The molecule has 3 aromatic rings. The Bertz CT molecular complexity index is 1050. The summed E-state index contributed by atoms with van der Waals surface area (Å²) in [6.07, 6.45) is 0. The smallest absolute Gasteiger partial charge is 0.272 e. The Labute approximate surface area is 162 Å². The fourth-order valence-electron chi connectivity index (χ4n) is 2.55. The molecule has 0 aliphatic heterocycles. The maximum Gasteiger partial charge on any atom is 0.272 e. The first-order valence-electron chi connectivity index (χ1n) is 8.03. The highest BCUT2D eigenvalue weighted by Gasteiger charge is 2.15. The average Bonchev–Trinajstić information content (AvgIpc) is 2.62. The Balaban J connectivity index is 1.85. The first-order valence-corrected chi connectivity index (χ1v) is 8.82. The lowest BCUT2D eigenvalue weighted by atomic mass is 10.2. The summed E-state index contributed by atoms with van der Waals surface area (Å²) < 4.78 is 33.8. The van der Waals surface area contributed by atoms with Gasteiger partial charge in [-0.3, -0.25) is 9.36 Å². The van der Waals surface area contributed by atoms with Gasteiger partial charge >= 0.3 is 0 Å². The highest BCUT2D eigenvalue weighted by Crippen LogP contribution is 2.21. The number of anilines is 1. The second-order valence-corrected chi connectivity index (χ2v) is 6.73. The third kappa shape index (κ3) is 4.33. The number of hydrogen-bond acceptors (Lipinski definition) is 4. The molecule has 2 N–H and O–H groups in total. The maximum absolute atomic E-state index is 13.7. The van der Waals surface area contributed by atoms with Crippen LogP contribution in [0.1, 0.15) is 17.0 Å². The zero-order chi connectivity index (χ0) is 19.6. The molecule has 5 nitrogen and oxygen atoms in total. The van der Waals surface area contributed by atoms with Gasteiger partial charge in [0.2, 0.25) is 5.88 Å². The largest absolute Gasteiger partial charge is 0.472 e. The summed E-state index contributed by atoms with van der Waals surface area (Å²) in [6.45, 7) is 1.79. The van der Waals surface area contributed by atoms with Crippen molar-refractivity contribution in [3.63, 3.8) is 0 Å². The Hall–Kier alpha value is -2.74. The number of halogens is 3. The van der Waals surface area contributed by atoms with Crippen LogP contribution in [0.4, 0.5) is 14.5 Å². The molecule has 0 unspecified atom stereocenters. The maximum atomic E-state index is 13.7. The number of rotatable bonds is 5. The van der Waals surface area contributed by atoms with E-state index in [1.165, 1.54) is 10.6 Å². The molecule has 3 rings (SSSR count). The number of nitrogen functional groups attached to an aromatic ring is 1. The second kappa shape index (κ2) is 7.87. The van der Waals surface area contributed by atoms with E-state index in [-0.39, 0.29) is 28.1 Å². The van der Waals surface area contributed by atoms with Crippen LogP contribution in [0.2, 0.25) is 0 Å². The van der Waals surface area contributed by atoms with Crippen molar-refractivity contribution in [3.8, 4) is 5.88 Å². The molecule has 0 spiro atoms. The standard InChI is InChI=1S/C19H16BrF2N3O2/c1-11-24-18(27-10-13-5-6-14(21)8-16(13)22)17(20)19(26)25(11)9-12-3-2-4-15(23)7-12/h2-8H,9-10,23H2,1H3. The fourth-order valence-corrected chi connectivity index (χ4v) is 2.97. The molecule has 0 radical (unpaired) electrons. The van der Waals surface area contributed by atoms with E-state index in [0.29, 0.717) is 18.1 Å². The van der Waals surface area contributed by atoms with Crippen molar-refractivity contribution < 1.29 is 13.5 Å². The Morgan fingerprint density at radius 1 is 1.22 bits per heavy atom. The molecule has 0 aliphatic rings. The van der Waals surface area contributed by atoms with Crippen molar-refractivity contribution in [1.82, 2.24) is 9.55 Å². The Morgan fingerprint density at radius 2 is 2.00 bits per heavy atom. The van der Waals surface area contributed by atoms with Crippen LogP contribution in [-0.2, 0) is 13.2 Å². The summed E-state index contributed by atoms with van der Waals surface area (Å²) in [5, 5.41) is 0. The SMILES string of the molecule is Cc1nc(OCc2ccc(F)cc2F)c(Br)c(=O)n1Cc1cccc(N)c1. The van der Waals surface area contributed by atoms with E-state index in [2.05, 4.69) is 20.9 Å². The van der Waals surface area contributed by atoms with Gasteiger partial charge in [-0.05, 0) is 52.7 Å².